The van der Waals surface area contributed by atoms with Crippen LogP contribution in [0.5, 0.6) is 0 Å². The van der Waals surface area contributed by atoms with E-state index in [9.17, 15) is 0 Å². The van der Waals surface area contributed by atoms with Crippen LogP contribution in [0.4, 0.5) is 0 Å². The summed E-state index contributed by atoms with van der Waals surface area (Å²) in [5.41, 5.74) is 10.9. The van der Waals surface area contributed by atoms with Crippen molar-refractivity contribution in [2.24, 2.45) is 11.8 Å². The van der Waals surface area contributed by atoms with E-state index in [1.54, 1.807) is 0 Å². The summed E-state index contributed by atoms with van der Waals surface area (Å²) in [6.45, 7) is 6.50. The lowest BCUT2D eigenvalue weighted by Gasteiger charge is -2.37. The number of nitrogens with one attached hydrogen (secondary N) is 3. The second-order valence-corrected chi connectivity index (χ2v) is 7.61. The third-order valence-electron chi connectivity index (χ3n) is 5.84. The number of hydrazine groups is 1. The predicted molar refractivity (Wildman–Crippen MR) is 99.9 cm³/mol. The molecule has 1 aromatic heterocycles. The minimum absolute atomic E-state index is 0.559. The van der Waals surface area contributed by atoms with Gasteiger partial charge in [0.15, 0.2) is 0 Å². The summed E-state index contributed by atoms with van der Waals surface area (Å²) in [5, 5.41) is 0. The minimum Gasteiger partial charge on any atom is -0.348 e. The third-order valence-corrected chi connectivity index (χ3v) is 5.84. The summed E-state index contributed by atoms with van der Waals surface area (Å²) < 4.78 is 0. The summed E-state index contributed by atoms with van der Waals surface area (Å²) in [6, 6.07) is 11.5. The van der Waals surface area contributed by atoms with Gasteiger partial charge in [-0.25, -0.2) is 4.98 Å². The van der Waals surface area contributed by atoms with Crippen LogP contribution < -0.4 is 10.9 Å². The molecule has 3 heterocycles. The number of likely N-dealkylation sites (tertiary alicyclic amines) is 1. The highest BCUT2D eigenvalue weighted by molar-refractivity contribution is 5.16. The molecule has 0 amide bonds. The van der Waals surface area contributed by atoms with Gasteiger partial charge in [0.2, 0.25) is 0 Å². The van der Waals surface area contributed by atoms with Crippen LogP contribution in [0.1, 0.15) is 29.8 Å². The van der Waals surface area contributed by atoms with Crippen LogP contribution >= 0.6 is 0 Å². The number of nitrogens with zero attached hydrogens (tertiary/aromatic N) is 2. The Balaban J connectivity index is 1.39. The molecule has 5 nitrogen and oxygen atoms in total. The van der Waals surface area contributed by atoms with E-state index in [1.807, 2.05) is 6.33 Å². The Bertz CT molecular complexity index is 668. The summed E-state index contributed by atoms with van der Waals surface area (Å²) >= 11 is 0. The number of aromatic nitrogens is 2. The van der Waals surface area contributed by atoms with Crippen molar-refractivity contribution in [1.82, 2.24) is 25.7 Å². The lowest BCUT2D eigenvalue weighted by atomic mass is 9.81. The molecule has 3 N–H and O–H groups in total. The molecule has 5 heteroatoms. The first-order valence-electron chi connectivity index (χ1n) is 9.53. The van der Waals surface area contributed by atoms with Crippen molar-refractivity contribution < 1.29 is 0 Å². The van der Waals surface area contributed by atoms with E-state index in [0.29, 0.717) is 17.9 Å². The standard InChI is InChI=1S/C20H29N5/c1-15-19(22-14-21-15)13-25-9-5-8-17(12-25)20-18(11-23-24-20)10-16-6-3-2-4-7-16/h2-4,6-7,14,17-18,20,23-24H,5,8-13H2,1H3,(H,21,22). The maximum absolute atomic E-state index is 4.48. The number of benzene rings is 1. The largest absolute Gasteiger partial charge is 0.348 e. The van der Waals surface area contributed by atoms with Crippen LogP contribution in [-0.4, -0.2) is 40.5 Å². The molecular weight excluding hydrogens is 310 g/mol. The first-order chi connectivity index (χ1) is 12.3. The molecule has 0 spiro atoms. The summed E-state index contributed by atoms with van der Waals surface area (Å²) in [5.74, 6) is 1.37. The molecular formula is C20H29N5. The van der Waals surface area contributed by atoms with Crippen molar-refractivity contribution >= 4 is 0 Å². The van der Waals surface area contributed by atoms with E-state index < -0.39 is 0 Å². The predicted octanol–water partition coefficient (Wildman–Crippen LogP) is 2.27. The average Bonchev–Trinajstić information content (AvgIpc) is 3.26. The van der Waals surface area contributed by atoms with Crippen LogP contribution in [0.3, 0.4) is 0 Å². The van der Waals surface area contributed by atoms with E-state index in [4.69, 9.17) is 0 Å². The van der Waals surface area contributed by atoms with Crippen molar-refractivity contribution in [2.75, 3.05) is 19.6 Å². The first kappa shape index (κ1) is 16.8. The van der Waals surface area contributed by atoms with Crippen LogP contribution in [0.15, 0.2) is 36.7 Å². The molecule has 1 aromatic carbocycles. The third kappa shape index (κ3) is 3.94. The van der Waals surface area contributed by atoms with Gasteiger partial charge in [-0.15, -0.1) is 0 Å². The van der Waals surface area contributed by atoms with Gasteiger partial charge < -0.3 is 4.98 Å². The number of imidazole rings is 1. The van der Waals surface area contributed by atoms with Crippen LogP contribution in [0.2, 0.25) is 0 Å². The molecule has 3 unspecified atom stereocenters. The molecule has 0 aliphatic carbocycles. The molecule has 3 atom stereocenters. The fourth-order valence-corrected chi connectivity index (χ4v) is 4.46. The lowest BCUT2D eigenvalue weighted by molar-refractivity contribution is 0.130. The molecule has 25 heavy (non-hydrogen) atoms. The second kappa shape index (κ2) is 7.68. The monoisotopic (exact) mass is 339 g/mol. The van der Waals surface area contributed by atoms with Gasteiger partial charge in [-0.2, -0.15) is 0 Å². The van der Waals surface area contributed by atoms with Crippen molar-refractivity contribution in [3.8, 4) is 0 Å². The molecule has 0 saturated carbocycles. The van der Waals surface area contributed by atoms with Gasteiger partial charge in [0.25, 0.3) is 0 Å². The van der Waals surface area contributed by atoms with Crippen LogP contribution in [0.25, 0.3) is 0 Å². The van der Waals surface area contributed by atoms with Gasteiger partial charge >= 0.3 is 0 Å². The number of hydrogen-bond acceptors (Lipinski definition) is 4. The van der Waals surface area contributed by atoms with Gasteiger partial charge in [0.1, 0.15) is 0 Å². The molecule has 2 saturated heterocycles. The van der Waals surface area contributed by atoms with E-state index >= 15 is 0 Å². The van der Waals surface area contributed by atoms with Crippen molar-refractivity contribution in [2.45, 2.75) is 38.8 Å². The van der Waals surface area contributed by atoms with E-state index in [0.717, 1.165) is 26.1 Å². The fraction of sp³-hybridized carbons (Fsp3) is 0.550. The maximum Gasteiger partial charge on any atom is 0.0925 e. The van der Waals surface area contributed by atoms with Crippen molar-refractivity contribution in [3.63, 3.8) is 0 Å². The smallest absolute Gasteiger partial charge is 0.0925 e. The highest BCUT2D eigenvalue weighted by Gasteiger charge is 2.35. The van der Waals surface area contributed by atoms with Gasteiger partial charge in [0, 0.05) is 31.4 Å². The van der Waals surface area contributed by atoms with Crippen LogP contribution in [0, 0.1) is 18.8 Å². The van der Waals surface area contributed by atoms with E-state index in [1.165, 1.54) is 36.3 Å². The Morgan fingerprint density at radius 3 is 2.92 bits per heavy atom. The minimum atomic E-state index is 0.559. The zero-order valence-corrected chi connectivity index (χ0v) is 15.0. The number of piperidine rings is 1. The average molecular weight is 339 g/mol. The topological polar surface area (TPSA) is 56.0 Å². The summed E-state index contributed by atoms with van der Waals surface area (Å²) in [4.78, 5) is 10.3. The summed E-state index contributed by atoms with van der Waals surface area (Å²) in [7, 11) is 0. The number of aromatic amines is 1. The Hall–Kier alpha value is -1.69. The van der Waals surface area contributed by atoms with E-state index in [2.05, 4.69) is 63.0 Å². The number of H-pyrrole nitrogens is 1. The van der Waals surface area contributed by atoms with Crippen molar-refractivity contribution in [1.29, 1.82) is 0 Å². The Morgan fingerprint density at radius 2 is 2.12 bits per heavy atom. The zero-order valence-electron chi connectivity index (χ0n) is 15.0. The number of aryl methyl sites for hydroxylation is 1. The van der Waals surface area contributed by atoms with Gasteiger partial charge in [-0.3, -0.25) is 15.8 Å². The molecule has 2 aliphatic rings. The molecule has 2 aromatic rings. The zero-order chi connectivity index (χ0) is 17.1. The Kier molecular flexibility index (Phi) is 5.15. The first-order valence-corrected chi connectivity index (χ1v) is 9.53. The quantitative estimate of drug-likeness (QED) is 0.782. The molecule has 134 valence electrons. The summed E-state index contributed by atoms with van der Waals surface area (Å²) in [6.07, 6.45) is 5.57. The second-order valence-electron chi connectivity index (χ2n) is 7.61. The molecule has 0 bridgehead atoms. The molecule has 2 aliphatic heterocycles. The normalized spacial score (nSPS) is 27.6. The lowest BCUT2D eigenvalue weighted by Crippen LogP contribution is -2.47. The van der Waals surface area contributed by atoms with E-state index in [-0.39, 0.29) is 0 Å². The Labute approximate surface area is 150 Å². The highest BCUT2D eigenvalue weighted by Crippen LogP contribution is 2.28. The van der Waals surface area contributed by atoms with Gasteiger partial charge in [-0.1, -0.05) is 30.3 Å². The number of rotatable bonds is 5. The SMILES string of the molecule is Cc1[nH]cnc1CN1CCCC(C2NNCC2Cc2ccccc2)C1. The molecule has 0 radical (unpaired) electrons. The van der Waals surface area contributed by atoms with Crippen LogP contribution in [-0.2, 0) is 13.0 Å². The Morgan fingerprint density at radius 1 is 1.24 bits per heavy atom. The number of hydrogen-bond donors (Lipinski definition) is 3. The maximum atomic E-state index is 4.48. The molecule has 4 rings (SSSR count). The van der Waals surface area contributed by atoms with Crippen molar-refractivity contribution in [3.05, 3.63) is 53.6 Å². The molecule has 2 fully saturated rings. The van der Waals surface area contributed by atoms with Gasteiger partial charge in [-0.05, 0) is 50.1 Å². The fourth-order valence-electron chi connectivity index (χ4n) is 4.46. The van der Waals surface area contributed by atoms with Gasteiger partial charge in [0.05, 0.1) is 12.0 Å². The highest BCUT2D eigenvalue weighted by atomic mass is 15.4.